The standard InChI is InChI=1S/C11H14N4O2/c1-8(10-3-2-4-17-10)14-11(16)7-15-6-9(12)5-13-15/h2-6,8H,7,12H2,1H3,(H,14,16). The molecule has 2 heterocycles. The highest BCUT2D eigenvalue weighted by Gasteiger charge is 2.12. The van der Waals surface area contributed by atoms with E-state index in [1.807, 2.05) is 13.0 Å². The van der Waals surface area contributed by atoms with Crippen molar-refractivity contribution in [3.8, 4) is 0 Å². The molecular formula is C11H14N4O2. The number of furan rings is 1. The van der Waals surface area contributed by atoms with E-state index in [-0.39, 0.29) is 18.5 Å². The number of carbonyl (C=O) groups excluding carboxylic acids is 1. The van der Waals surface area contributed by atoms with Gasteiger partial charge < -0.3 is 15.5 Å². The zero-order chi connectivity index (χ0) is 12.3. The second-order valence-electron chi connectivity index (χ2n) is 3.78. The SMILES string of the molecule is CC(NC(=O)Cn1cc(N)cn1)c1ccco1. The van der Waals surface area contributed by atoms with Crippen LogP contribution in [0.25, 0.3) is 0 Å². The van der Waals surface area contributed by atoms with Crippen molar-refractivity contribution in [1.82, 2.24) is 15.1 Å². The summed E-state index contributed by atoms with van der Waals surface area (Å²) >= 11 is 0. The van der Waals surface area contributed by atoms with E-state index >= 15 is 0 Å². The fourth-order valence-corrected chi connectivity index (χ4v) is 1.51. The fourth-order valence-electron chi connectivity index (χ4n) is 1.51. The lowest BCUT2D eigenvalue weighted by Gasteiger charge is -2.11. The Balaban J connectivity index is 1.89. The van der Waals surface area contributed by atoms with Crippen molar-refractivity contribution in [3.05, 3.63) is 36.5 Å². The lowest BCUT2D eigenvalue weighted by Crippen LogP contribution is -2.30. The maximum atomic E-state index is 11.7. The first-order valence-electron chi connectivity index (χ1n) is 5.26. The summed E-state index contributed by atoms with van der Waals surface area (Å²) in [7, 11) is 0. The van der Waals surface area contributed by atoms with Crippen LogP contribution in [0.15, 0.2) is 35.2 Å². The normalized spacial score (nSPS) is 12.3. The summed E-state index contributed by atoms with van der Waals surface area (Å²) in [6.45, 7) is 2.00. The zero-order valence-electron chi connectivity index (χ0n) is 9.46. The van der Waals surface area contributed by atoms with Crippen molar-refractivity contribution in [2.24, 2.45) is 0 Å². The first-order chi connectivity index (χ1) is 8.15. The maximum Gasteiger partial charge on any atom is 0.242 e. The van der Waals surface area contributed by atoms with Gasteiger partial charge in [-0.3, -0.25) is 9.48 Å². The molecule has 3 N–H and O–H groups in total. The molecule has 2 aromatic heterocycles. The molecule has 1 atom stereocenters. The number of anilines is 1. The summed E-state index contributed by atoms with van der Waals surface area (Å²) in [5.41, 5.74) is 6.04. The zero-order valence-corrected chi connectivity index (χ0v) is 9.46. The number of rotatable bonds is 4. The number of amides is 1. The Kier molecular flexibility index (Phi) is 3.13. The molecule has 1 unspecified atom stereocenters. The molecule has 0 aromatic carbocycles. The monoisotopic (exact) mass is 234 g/mol. The second kappa shape index (κ2) is 4.73. The number of nitrogens with zero attached hydrogens (tertiary/aromatic N) is 2. The Morgan fingerprint density at radius 2 is 2.53 bits per heavy atom. The Hall–Kier alpha value is -2.24. The third-order valence-electron chi connectivity index (χ3n) is 2.31. The predicted octanol–water partition coefficient (Wildman–Crippen LogP) is 0.936. The van der Waals surface area contributed by atoms with Gasteiger partial charge in [-0.25, -0.2) is 0 Å². The van der Waals surface area contributed by atoms with Gasteiger partial charge in [0.2, 0.25) is 5.91 Å². The van der Waals surface area contributed by atoms with Crippen LogP contribution in [0.3, 0.4) is 0 Å². The number of nitrogens with one attached hydrogen (secondary N) is 1. The highest BCUT2D eigenvalue weighted by atomic mass is 16.3. The number of nitrogens with two attached hydrogens (primary N) is 1. The summed E-state index contributed by atoms with van der Waals surface area (Å²) in [6, 6.07) is 3.44. The smallest absolute Gasteiger partial charge is 0.242 e. The Bertz CT molecular complexity index is 489. The minimum absolute atomic E-state index is 0.141. The minimum Gasteiger partial charge on any atom is -0.467 e. The van der Waals surface area contributed by atoms with Crippen molar-refractivity contribution < 1.29 is 9.21 Å². The van der Waals surface area contributed by atoms with Crippen LogP contribution in [0.5, 0.6) is 0 Å². The number of hydrogen-bond acceptors (Lipinski definition) is 4. The van der Waals surface area contributed by atoms with E-state index in [0.717, 1.165) is 5.76 Å². The lowest BCUT2D eigenvalue weighted by atomic mass is 10.2. The largest absolute Gasteiger partial charge is 0.467 e. The van der Waals surface area contributed by atoms with Gasteiger partial charge in [0.15, 0.2) is 0 Å². The molecule has 2 aromatic rings. The van der Waals surface area contributed by atoms with E-state index < -0.39 is 0 Å². The number of nitrogen functional groups attached to an aromatic ring is 1. The summed E-state index contributed by atoms with van der Waals surface area (Å²) in [5.74, 6) is 0.579. The third kappa shape index (κ3) is 2.87. The Labute approximate surface area is 98.4 Å². The van der Waals surface area contributed by atoms with Gasteiger partial charge in [-0.15, -0.1) is 0 Å². The van der Waals surface area contributed by atoms with Gasteiger partial charge in [0, 0.05) is 6.20 Å². The molecule has 0 fully saturated rings. The van der Waals surface area contributed by atoms with Crippen molar-refractivity contribution in [1.29, 1.82) is 0 Å². The van der Waals surface area contributed by atoms with Crippen LogP contribution in [-0.2, 0) is 11.3 Å². The molecule has 0 bridgehead atoms. The van der Waals surface area contributed by atoms with Crippen molar-refractivity contribution in [3.63, 3.8) is 0 Å². The molecule has 90 valence electrons. The van der Waals surface area contributed by atoms with Gasteiger partial charge in [0.25, 0.3) is 0 Å². The molecule has 6 nitrogen and oxygen atoms in total. The van der Waals surface area contributed by atoms with Crippen molar-refractivity contribution in [2.75, 3.05) is 5.73 Å². The highest BCUT2D eigenvalue weighted by molar-refractivity contribution is 5.76. The van der Waals surface area contributed by atoms with Crippen LogP contribution in [-0.4, -0.2) is 15.7 Å². The van der Waals surface area contributed by atoms with E-state index in [4.69, 9.17) is 10.2 Å². The number of aromatic nitrogens is 2. The average molecular weight is 234 g/mol. The van der Waals surface area contributed by atoms with Gasteiger partial charge in [0.05, 0.1) is 24.2 Å². The average Bonchev–Trinajstić information content (AvgIpc) is 2.89. The first kappa shape index (κ1) is 11.3. The predicted molar refractivity (Wildman–Crippen MR) is 61.9 cm³/mol. The minimum atomic E-state index is -0.162. The molecule has 0 aliphatic carbocycles. The van der Waals surface area contributed by atoms with Crippen molar-refractivity contribution >= 4 is 11.6 Å². The topological polar surface area (TPSA) is 86.1 Å². The van der Waals surface area contributed by atoms with Crippen LogP contribution >= 0.6 is 0 Å². The number of carbonyl (C=O) groups is 1. The number of hydrogen-bond donors (Lipinski definition) is 2. The maximum absolute atomic E-state index is 11.7. The Morgan fingerprint density at radius 3 is 3.12 bits per heavy atom. The summed E-state index contributed by atoms with van der Waals surface area (Å²) < 4.78 is 6.68. The molecular weight excluding hydrogens is 220 g/mol. The molecule has 0 aliphatic heterocycles. The fraction of sp³-hybridized carbons (Fsp3) is 0.273. The van der Waals surface area contributed by atoms with E-state index in [1.165, 1.54) is 10.9 Å². The van der Waals surface area contributed by atoms with Crippen LogP contribution in [0.4, 0.5) is 5.69 Å². The second-order valence-corrected chi connectivity index (χ2v) is 3.78. The van der Waals surface area contributed by atoms with Gasteiger partial charge in [-0.1, -0.05) is 0 Å². The van der Waals surface area contributed by atoms with Gasteiger partial charge in [-0.2, -0.15) is 5.10 Å². The van der Waals surface area contributed by atoms with E-state index in [9.17, 15) is 4.79 Å². The lowest BCUT2D eigenvalue weighted by molar-refractivity contribution is -0.122. The van der Waals surface area contributed by atoms with Gasteiger partial charge in [-0.05, 0) is 19.1 Å². The van der Waals surface area contributed by atoms with Gasteiger partial charge in [0.1, 0.15) is 12.3 Å². The van der Waals surface area contributed by atoms with Crippen LogP contribution in [0.2, 0.25) is 0 Å². The quantitative estimate of drug-likeness (QED) is 0.824. The van der Waals surface area contributed by atoms with Crippen LogP contribution < -0.4 is 11.1 Å². The molecule has 0 aliphatic rings. The molecule has 0 spiro atoms. The molecule has 6 heteroatoms. The van der Waals surface area contributed by atoms with Crippen LogP contribution in [0, 0.1) is 0 Å². The molecule has 0 saturated carbocycles. The summed E-state index contributed by atoms with van der Waals surface area (Å²) in [5, 5.41) is 6.74. The van der Waals surface area contributed by atoms with Gasteiger partial charge >= 0.3 is 0 Å². The molecule has 0 radical (unpaired) electrons. The Morgan fingerprint density at radius 1 is 1.71 bits per heavy atom. The highest BCUT2D eigenvalue weighted by Crippen LogP contribution is 2.11. The summed E-state index contributed by atoms with van der Waals surface area (Å²) in [4.78, 5) is 11.7. The molecule has 0 saturated heterocycles. The van der Waals surface area contributed by atoms with E-state index in [1.54, 1.807) is 18.5 Å². The van der Waals surface area contributed by atoms with Crippen LogP contribution in [0.1, 0.15) is 18.7 Å². The molecule has 17 heavy (non-hydrogen) atoms. The molecule has 1 amide bonds. The van der Waals surface area contributed by atoms with Crippen molar-refractivity contribution in [2.45, 2.75) is 19.5 Å². The first-order valence-corrected chi connectivity index (χ1v) is 5.26. The molecule has 2 rings (SSSR count). The van der Waals surface area contributed by atoms with E-state index in [0.29, 0.717) is 5.69 Å². The van der Waals surface area contributed by atoms with E-state index in [2.05, 4.69) is 10.4 Å². The third-order valence-corrected chi connectivity index (χ3v) is 2.31. The summed E-state index contributed by atoms with van der Waals surface area (Å²) in [6.07, 6.45) is 4.69.